The van der Waals surface area contributed by atoms with Crippen LogP contribution in [0.15, 0.2) is 5.10 Å². The Morgan fingerprint density at radius 2 is 1.96 bits per heavy atom. The predicted octanol–water partition coefficient (Wildman–Crippen LogP) is 1.40. The van der Waals surface area contributed by atoms with Crippen molar-refractivity contribution in [1.29, 1.82) is 0 Å². The van der Waals surface area contributed by atoms with Crippen molar-refractivity contribution in [3.05, 3.63) is 11.3 Å². The first-order valence-electron chi connectivity index (χ1n) is 9.82. The van der Waals surface area contributed by atoms with Crippen molar-refractivity contribution in [2.75, 3.05) is 29.5 Å². The molecule has 3 aliphatic rings. The summed E-state index contributed by atoms with van der Waals surface area (Å²) in [6.45, 7) is 3.78. The van der Waals surface area contributed by atoms with Gasteiger partial charge in [-0.1, -0.05) is 0 Å². The summed E-state index contributed by atoms with van der Waals surface area (Å²) in [5, 5.41) is 8.85. The van der Waals surface area contributed by atoms with E-state index in [-0.39, 0.29) is 29.4 Å². The standard InChI is InChI=1S/C18H27N5O3S/c1-13-16(11-19-20-17(24)14-5-6-14)18(22-8-3-2-4-9-22)23(21-13)15-7-10-27(25,26)12-15/h11,14-15H,2-10,12H2,1H3,(H,20,24)/b19-11-/t15-/m1/s1. The molecule has 1 atom stereocenters. The highest BCUT2D eigenvalue weighted by molar-refractivity contribution is 7.91. The largest absolute Gasteiger partial charge is 0.356 e. The smallest absolute Gasteiger partial charge is 0.243 e. The Kier molecular flexibility index (Phi) is 4.96. The average Bonchev–Trinajstić information content (AvgIpc) is 3.36. The third kappa shape index (κ3) is 4.02. The van der Waals surface area contributed by atoms with Gasteiger partial charge >= 0.3 is 0 Å². The number of sulfone groups is 1. The van der Waals surface area contributed by atoms with Crippen molar-refractivity contribution in [1.82, 2.24) is 15.2 Å². The molecule has 148 valence electrons. The second-order valence-electron chi connectivity index (χ2n) is 7.88. The lowest BCUT2D eigenvalue weighted by Crippen LogP contribution is -2.33. The van der Waals surface area contributed by atoms with Crippen LogP contribution in [-0.4, -0.2) is 54.9 Å². The number of rotatable bonds is 5. The van der Waals surface area contributed by atoms with Crippen molar-refractivity contribution in [2.45, 2.75) is 51.5 Å². The molecule has 1 saturated carbocycles. The Hall–Kier alpha value is -1.90. The Balaban J connectivity index is 1.64. The minimum atomic E-state index is -3.00. The van der Waals surface area contributed by atoms with E-state index in [1.54, 1.807) is 6.21 Å². The van der Waals surface area contributed by atoms with Crippen LogP contribution in [0, 0.1) is 12.8 Å². The fourth-order valence-electron chi connectivity index (χ4n) is 3.94. The molecular formula is C18H27N5O3S. The first-order valence-corrected chi connectivity index (χ1v) is 11.6. The second-order valence-corrected chi connectivity index (χ2v) is 10.1. The molecule has 0 bridgehead atoms. The van der Waals surface area contributed by atoms with Crippen LogP contribution in [0.5, 0.6) is 0 Å². The maximum Gasteiger partial charge on any atom is 0.243 e. The summed E-state index contributed by atoms with van der Waals surface area (Å²) in [5.41, 5.74) is 4.30. The number of aromatic nitrogens is 2. The number of hydrazone groups is 1. The van der Waals surface area contributed by atoms with Crippen molar-refractivity contribution in [3.63, 3.8) is 0 Å². The van der Waals surface area contributed by atoms with Crippen molar-refractivity contribution < 1.29 is 13.2 Å². The normalized spacial score (nSPS) is 25.2. The van der Waals surface area contributed by atoms with Gasteiger partial charge in [0.25, 0.3) is 0 Å². The van der Waals surface area contributed by atoms with Crippen LogP contribution in [-0.2, 0) is 14.6 Å². The molecule has 1 amide bonds. The second kappa shape index (κ2) is 7.26. The summed E-state index contributed by atoms with van der Waals surface area (Å²) >= 11 is 0. The summed E-state index contributed by atoms with van der Waals surface area (Å²) < 4.78 is 25.9. The summed E-state index contributed by atoms with van der Waals surface area (Å²) in [7, 11) is -3.00. The Labute approximate surface area is 159 Å². The van der Waals surface area contributed by atoms with Gasteiger partial charge in [0.2, 0.25) is 5.91 Å². The number of carbonyl (C=O) groups is 1. The van der Waals surface area contributed by atoms with Crippen LogP contribution in [0.1, 0.15) is 55.8 Å². The van der Waals surface area contributed by atoms with Crippen LogP contribution in [0.25, 0.3) is 0 Å². The summed E-state index contributed by atoms with van der Waals surface area (Å²) in [6, 6.07) is -0.131. The SMILES string of the molecule is Cc1nn([C@@H]2CCS(=O)(=O)C2)c(N2CCCCC2)c1/C=N\NC(=O)C1CC1. The van der Waals surface area contributed by atoms with Crippen LogP contribution in [0.2, 0.25) is 0 Å². The fraction of sp³-hybridized carbons (Fsp3) is 0.722. The molecule has 3 fully saturated rings. The molecule has 1 aromatic rings. The van der Waals surface area contributed by atoms with Gasteiger partial charge in [0, 0.05) is 19.0 Å². The predicted molar refractivity (Wildman–Crippen MR) is 104 cm³/mol. The van der Waals surface area contributed by atoms with Crippen LogP contribution in [0.4, 0.5) is 5.82 Å². The number of nitrogens with zero attached hydrogens (tertiary/aromatic N) is 4. The lowest BCUT2D eigenvalue weighted by Gasteiger charge is -2.30. The topological polar surface area (TPSA) is 96.7 Å². The number of hydrogen-bond acceptors (Lipinski definition) is 6. The quantitative estimate of drug-likeness (QED) is 0.602. The molecule has 0 unspecified atom stereocenters. The van der Waals surface area contributed by atoms with Gasteiger partial charge in [-0.05, 0) is 45.4 Å². The fourth-order valence-corrected chi connectivity index (χ4v) is 5.63. The number of aryl methyl sites for hydroxylation is 1. The maximum absolute atomic E-state index is 12.0. The van der Waals surface area contributed by atoms with E-state index in [2.05, 4.69) is 20.5 Å². The highest BCUT2D eigenvalue weighted by atomic mass is 32.2. The van der Waals surface area contributed by atoms with E-state index >= 15 is 0 Å². The van der Waals surface area contributed by atoms with Gasteiger partial charge in [0.05, 0.1) is 35.0 Å². The maximum atomic E-state index is 12.0. The zero-order valence-corrected chi connectivity index (χ0v) is 16.5. The zero-order chi connectivity index (χ0) is 19.0. The molecule has 27 heavy (non-hydrogen) atoms. The molecule has 0 spiro atoms. The highest BCUT2D eigenvalue weighted by Gasteiger charge is 2.34. The van der Waals surface area contributed by atoms with Gasteiger partial charge in [-0.25, -0.2) is 18.5 Å². The van der Waals surface area contributed by atoms with Crippen molar-refractivity contribution in [2.24, 2.45) is 11.0 Å². The van der Waals surface area contributed by atoms with Crippen molar-refractivity contribution >= 4 is 27.8 Å². The van der Waals surface area contributed by atoms with Gasteiger partial charge in [0.1, 0.15) is 5.82 Å². The Morgan fingerprint density at radius 1 is 1.22 bits per heavy atom. The van der Waals surface area contributed by atoms with E-state index in [9.17, 15) is 13.2 Å². The van der Waals surface area contributed by atoms with E-state index in [1.807, 2.05) is 11.6 Å². The minimum Gasteiger partial charge on any atom is -0.356 e. The molecule has 0 aromatic carbocycles. The van der Waals surface area contributed by atoms with Gasteiger partial charge < -0.3 is 4.90 Å². The third-order valence-electron chi connectivity index (χ3n) is 5.63. The molecule has 1 N–H and O–H groups in total. The molecule has 0 radical (unpaired) electrons. The first-order chi connectivity index (χ1) is 12.9. The van der Waals surface area contributed by atoms with E-state index in [0.717, 1.165) is 55.8 Å². The number of hydrogen-bond donors (Lipinski definition) is 1. The number of nitrogens with one attached hydrogen (secondary N) is 1. The molecule has 2 saturated heterocycles. The molecule has 1 aromatic heterocycles. The molecule has 8 nitrogen and oxygen atoms in total. The molecule has 3 heterocycles. The van der Waals surface area contributed by atoms with Crippen LogP contribution in [0.3, 0.4) is 0 Å². The van der Waals surface area contributed by atoms with Crippen LogP contribution >= 0.6 is 0 Å². The lowest BCUT2D eigenvalue weighted by molar-refractivity contribution is -0.122. The van der Waals surface area contributed by atoms with Crippen molar-refractivity contribution in [3.8, 4) is 0 Å². The summed E-state index contributed by atoms with van der Waals surface area (Å²) in [4.78, 5) is 14.1. The monoisotopic (exact) mass is 393 g/mol. The zero-order valence-electron chi connectivity index (χ0n) is 15.7. The number of amides is 1. The van der Waals surface area contributed by atoms with Gasteiger partial charge in [-0.15, -0.1) is 0 Å². The molecule has 4 rings (SSSR count). The molecule has 2 aliphatic heterocycles. The number of piperidine rings is 1. The minimum absolute atomic E-state index is 0.0299. The van der Waals surface area contributed by atoms with E-state index in [1.165, 1.54) is 6.42 Å². The summed E-state index contributed by atoms with van der Waals surface area (Å²) in [5.74, 6) is 1.38. The third-order valence-corrected chi connectivity index (χ3v) is 7.38. The number of carbonyl (C=O) groups excluding carboxylic acids is 1. The van der Waals surface area contributed by atoms with E-state index in [4.69, 9.17) is 0 Å². The van der Waals surface area contributed by atoms with E-state index < -0.39 is 9.84 Å². The summed E-state index contributed by atoms with van der Waals surface area (Å²) in [6.07, 6.45) is 7.58. The van der Waals surface area contributed by atoms with Gasteiger partial charge in [-0.2, -0.15) is 10.2 Å². The highest BCUT2D eigenvalue weighted by Crippen LogP contribution is 2.33. The molecule has 1 aliphatic carbocycles. The van der Waals surface area contributed by atoms with Crippen LogP contribution < -0.4 is 10.3 Å². The lowest BCUT2D eigenvalue weighted by atomic mass is 10.1. The Bertz CT molecular complexity index is 851. The first kappa shape index (κ1) is 18.5. The molecule has 9 heteroatoms. The van der Waals surface area contributed by atoms with Gasteiger partial charge in [-0.3, -0.25) is 4.79 Å². The molecular weight excluding hydrogens is 366 g/mol. The van der Waals surface area contributed by atoms with E-state index in [0.29, 0.717) is 6.42 Å². The number of anilines is 1. The van der Waals surface area contributed by atoms with Gasteiger partial charge in [0.15, 0.2) is 9.84 Å². The Morgan fingerprint density at radius 3 is 2.59 bits per heavy atom. The average molecular weight is 394 g/mol.